The third-order valence-electron chi connectivity index (χ3n) is 4.44. The van der Waals surface area contributed by atoms with Gasteiger partial charge in [-0.25, -0.2) is 4.79 Å². The van der Waals surface area contributed by atoms with Gasteiger partial charge in [0.1, 0.15) is 6.61 Å². The first-order valence-electron chi connectivity index (χ1n) is 8.81. The van der Waals surface area contributed by atoms with E-state index in [1.54, 1.807) is 19.2 Å². The highest BCUT2D eigenvalue weighted by Crippen LogP contribution is 2.34. The number of benzene rings is 2. The van der Waals surface area contributed by atoms with E-state index < -0.39 is 12.0 Å². The number of ether oxygens (including phenoxy) is 2. The fourth-order valence-corrected chi connectivity index (χ4v) is 3.59. The van der Waals surface area contributed by atoms with E-state index in [0.717, 1.165) is 11.3 Å². The minimum atomic E-state index is -0.405. The lowest BCUT2D eigenvalue weighted by Crippen LogP contribution is -2.48. The molecule has 1 aliphatic heterocycles. The molecule has 0 aromatic heterocycles. The molecule has 0 saturated carbocycles. The number of halogens is 1. The number of allylic oxidation sites excluding steroid dienone is 1. The molecule has 28 heavy (non-hydrogen) atoms. The summed E-state index contributed by atoms with van der Waals surface area (Å²) in [5, 5.41) is 4.41. The number of hydrogen-bond acceptors (Lipinski definition) is 4. The average molecular weight is 417 g/mol. The van der Waals surface area contributed by atoms with Gasteiger partial charge >= 0.3 is 5.97 Å². The predicted octanol–water partition coefficient (Wildman–Crippen LogP) is 4.24. The van der Waals surface area contributed by atoms with Crippen molar-refractivity contribution in [1.82, 2.24) is 5.32 Å². The van der Waals surface area contributed by atoms with Crippen LogP contribution in [0.4, 0.5) is 5.69 Å². The summed E-state index contributed by atoms with van der Waals surface area (Å²) in [6.45, 7) is 2.38. The number of nitrogens with zero attached hydrogens (tertiary/aromatic N) is 1. The van der Waals surface area contributed by atoms with Crippen LogP contribution in [0, 0.1) is 0 Å². The predicted molar refractivity (Wildman–Crippen MR) is 114 cm³/mol. The van der Waals surface area contributed by atoms with Crippen molar-refractivity contribution in [2.45, 2.75) is 13.0 Å². The first-order valence-corrected chi connectivity index (χ1v) is 9.59. The molecular weight excluding hydrogens is 396 g/mol. The molecule has 1 heterocycles. The van der Waals surface area contributed by atoms with Gasteiger partial charge in [-0.15, -0.1) is 0 Å². The molecule has 0 spiro atoms. The van der Waals surface area contributed by atoms with E-state index in [1.165, 1.54) is 0 Å². The maximum absolute atomic E-state index is 12.9. The summed E-state index contributed by atoms with van der Waals surface area (Å²) in [5.74, 6) is -0.405. The minimum Gasteiger partial charge on any atom is -0.460 e. The van der Waals surface area contributed by atoms with E-state index in [-0.39, 0.29) is 6.61 Å². The minimum absolute atomic E-state index is 0.180. The molecule has 1 unspecified atom stereocenters. The Morgan fingerprint density at radius 3 is 2.46 bits per heavy atom. The van der Waals surface area contributed by atoms with Gasteiger partial charge in [-0.1, -0.05) is 41.9 Å². The molecule has 2 aromatic rings. The zero-order valence-electron chi connectivity index (χ0n) is 15.6. The average Bonchev–Trinajstić information content (AvgIpc) is 2.69. The Kier molecular flexibility index (Phi) is 6.67. The second kappa shape index (κ2) is 9.19. The number of hydrogen-bond donors (Lipinski definition) is 1. The van der Waals surface area contributed by atoms with Crippen molar-refractivity contribution in [3.8, 4) is 0 Å². The van der Waals surface area contributed by atoms with Crippen LogP contribution in [0.15, 0.2) is 65.9 Å². The molecule has 146 valence electrons. The lowest BCUT2D eigenvalue weighted by molar-refractivity contribution is -0.140. The number of esters is 1. The molecule has 1 atom stereocenters. The molecule has 1 N–H and O–H groups in total. The summed E-state index contributed by atoms with van der Waals surface area (Å²) in [6.07, 6.45) is 0. The zero-order chi connectivity index (χ0) is 20.1. The van der Waals surface area contributed by atoms with E-state index in [9.17, 15) is 4.79 Å². The number of thiocarbonyl (C=S) groups is 1. The Morgan fingerprint density at radius 2 is 1.82 bits per heavy atom. The molecule has 2 aromatic carbocycles. The van der Waals surface area contributed by atoms with Crippen molar-refractivity contribution in [2.75, 3.05) is 25.2 Å². The van der Waals surface area contributed by atoms with Crippen molar-refractivity contribution in [1.29, 1.82) is 0 Å². The van der Waals surface area contributed by atoms with Crippen LogP contribution in [-0.2, 0) is 14.3 Å². The summed E-state index contributed by atoms with van der Waals surface area (Å²) in [6, 6.07) is 16.6. The monoisotopic (exact) mass is 416 g/mol. The second-order valence-electron chi connectivity index (χ2n) is 6.23. The summed E-state index contributed by atoms with van der Waals surface area (Å²) >= 11 is 11.6. The maximum atomic E-state index is 12.9. The maximum Gasteiger partial charge on any atom is 0.338 e. The van der Waals surface area contributed by atoms with Crippen molar-refractivity contribution >= 4 is 40.6 Å². The van der Waals surface area contributed by atoms with Gasteiger partial charge in [0.2, 0.25) is 0 Å². The van der Waals surface area contributed by atoms with E-state index in [2.05, 4.69) is 5.32 Å². The number of carbonyl (C=O) groups is 1. The molecule has 0 aliphatic carbocycles. The third-order valence-corrected chi connectivity index (χ3v) is 5.00. The number of rotatable bonds is 6. The second-order valence-corrected chi connectivity index (χ2v) is 7.06. The Balaban J connectivity index is 2.04. The Morgan fingerprint density at radius 1 is 1.14 bits per heavy atom. The molecule has 7 heteroatoms. The molecule has 3 rings (SSSR count). The lowest BCUT2D eigenvalue weighted by atomic mass is 9.95. The SMILES string of the molecule is COCCOC(=O)C1=C(C)N(c2ccc(Cl)cc2)C(=S)NC1c1ccccc1. The lowest BCUT2D eigenvalue weighted by Gasteiger charge is -2.37. The van der Waals surface area contributed by atoms with Gasteiger partial charge in [-0.05, 0) is 49.0 Å². The topological polar surface area (TPSA) is 50.8 Å². The standard InChI is InChI=1S/C21H21ClN2O3S/c1-14-18(20(25)27-13-12-26-2)19(15-6-4-3-5-7-15)23-21(28)24(14)17-10-8-16(22)9-11-17/h3-11,19H,12-13H2,1-2H3,(H,23,28). The third kappa shape index (κ3) is 4.35. The number of methoxy groups -OCH3 is 1. The van der Waals surface area contributed by atoms with Gasteiger partial charge in [0.05, 0.1) is 18.2 Å². The molecule has 5 nitrogen and oxygen atoms in total. The highest BCUT2D eigenvalue weighted by molar-refractivity contribution is 7.80. The van der Waals surface area contributed by atoms with Crippen molar-refractivity contribution in [2.24, 2.45) is 0 Å². The van der Waals surface area contributed by atoms with Crippen molar-refractivity contribution in [3.63, 3.8) is 0 Å². The Hall–Kier alpha value is -2.41. The first-order chi connectivity index (χ1) is 13.5. The van der Waals surface area contributed by atoms with Crippen LogP contribution >= 0.6 is 23.8 Å². The van der Waals surface area contributed by atoms with E-state index in [4.69, 9.17) is 33.3 Å². The fourth-order valence-electron chi connectivity index (χ4n) is 3.10. The van der Waals surface area contributed by atoms with Crippen LogP contribution in [0.2, 0.25) is 5.02 Å². The van der Waals surface area contributed by atoms with E-state index in [1.807, 2.05) is 54.3 Å². The summed E-state index contributed by atoms with van der Waals surface area (Å²) in [5.41, 5.74) is 2.96. The number of carbonyl (C=O) groups excluding carboxylic acids is 1. The summed E-state index contributed by atoms with van der Waals surface area (Å²) in [4.78, 5) is 14.8. The quantitative estimate of drug-likeness (QED) is 0.432. The van der Waals surface area contributed by atoms with Crippen LogP contribution in [0.5, 0.6) is 0 Å². The number of anilines is 1. The van der Waals surface area contributed by atoms with Crippen molar-refractivity contribution < 1.29 is 14.3 Å². The van der Waals surface area contributed by atoms with Gasteiger partial charge in [-0.3, -0.25) is 4.90 Å². The molecular formula is C21H21ClN2O3S. The fraction of sp³-hybridized carbons (Fsp3) is 0.238. The van der Waals surface area contributed by atoms with Gasteiger partial charge in [0.15, 0.2) is 5.11 Å². The highest BCUT2D eigenvalue weighted by Gasteiger charge is 2.35. The normalized spacial score (nSPS) is 16.8. The Bertz CT molecular complexity index is 884. The molecule has 0 bridgehead atoms. The molecule has 0 fully saturated rings. The van der Waals surface area contributed by atoms with Crippen LogP contribution in [-0.4, -0.2) is 31.4 Å². The highest BCUT2D eigenvalue weighted by atomic mass is 35.5. The summed E-state index contributed by atoms with van der Waals surface area (Å²) in [7, 11) is 1.56. The zero-order valence-corrected chi connectivity index (χ0v) is 17.2. The van der Waals surface area contributed by atoms with Crippen molar-refractivity contribution in [3.05, 3.63) is 76.5 Å². The smallest absolute Gasteiger partial charge is 0.338 e. The van der Waals surface area contributed by atoms with Crippen LogP contribution in [0.3, 0.4) is 0 Å². The van der Waals surface area contributed by atoms with Gasteiger partial charge in [0, 0.05) is 23.5 Å². The van der Waals surface area contributed by atoms with Gasteiger partial charge in [-0.2, -0.15) is 0 Å². The molecule has 0 saturated heterocycles. The van der Waals surface area contributed by atoms with Gasteiger partial charge < -0.3 is 14.8 Å². The summed E-state index contributed by atoms with van der Waals surface area (Å²) < 4.78 is 10.4. The first kappa shape index (κ1) is 20.3. The molecule has 1 aliphatic rings. The largest absolute Gasteiger partial charge is 0.460 e. The van der Waals surface area contributed by atoms with E-state index in [0.29, 0.717) is 28.0 Å². The van der Waals surface area contributed by atoms with Crippen LogP contribution in [0.25, 0.3) is 0 Å². The Labute approximate surface area is 174 Å². The number of nitrogens with one attached hydrogen (secondary N) is 1. The molecule has 0 amide bonds. The molecule has 0 radical (unpaired) electrons. The van der Waals surface area contributed by atoms with E-state index >= 15 is 0 Å². The van der Waals surface area contributed by atoms with Gasteiger partial charge in [0.25, 0.3) is 0 Å². The van der Waals surface area contributed by atoms with Crippen LogP contribution in [0.1, 0.15) is 18.5 Å². The van der Waals surface area contributed by atoms with Crippen LogP contribution < -0.4 is 10.2 Å².